The molecule has 2 heterocycles. The summed E-state index contributed by atoms with van der Waals surface area (Å²) in [7, 11) is 0. The van der Waals surface area contributed by atoms with Crippen LogP contribution in [0.15, 0.2) is 94.6 Å². The van der Waals surface area contributed by atoms with Gasteiger partial charge < -0.3 is 24.5 Å². The third-order valence-electron chi connectivity index (χ3n) is 9.94. The number of aryl methyl sites for hydroxylation is 2. The Balaban J connectivity index is 1.04. The molecule has 50 heavy (non-hydrogen) atoms. The maximum Gasteiger partial charge on any atom is 0.291 e. The van der Waals surface area contributed by atoms with Crippen LogP contribution < -0.4 is 20.1 Å². The number of carbonyl (C=O) groups is 3. The van der Waals surface area contributed by atoms with Gasteiger partial charge in [0.1, 0.15) is 0 Å². The van der Waals surface area contributed by atoms with Crippen LogP contribution in [0.2, 0.25) is 0 Å². The zero-order valence-corrected chi connectivity index (χ0v) is 29.2. The Morgan fingerprint density at radius 3 is 2.44 bits per heavy atom. The predicted octanol–water partition coefficient (Wildman–Crippen LogP) is 8.89. The molecule has 1 aromatic heterocycles. The Bertz CT molecular complexity index is 1870. The number of anilines is 1. The molecule has 8 heteroatoms. The highest BCUT2D eigenvalue weighted by molar-refractivity contribution is 6.05. The molecule has 6 rings (SSSR count). The first kappa shape index (κ1) is 34.7. The smallest absolute Gasteiger partial charge is 0.291 e. The number of amides is 2. The summed E-state index contributed by atoms with van der Waals surface area (Å²) in [5.41, 5.74) is 7.52. The van der Waals surface area contributed by atoms with Gasteiger partial charge in [0.2, 0.25) is 6.79 Å². The van der Waals surface area contributed by atoms with E-state index in [0.29, 0.717) is 47.2 Å². The summed E-state index contributed by atoms with van der Waals surface area (Å²) in [6.07, 6.45) is 9.51. The molecule has 2 aliphatic rings. The number of ketones is 1. The highest BCUT2D eigenvalue weighted by Gasteiger charge is 2.39. The summed E-state index contributed by atoms with van der Waals surface area (Å²) < 4.78 is 16.1. The van der Waals surface area contributed by atoms with Crippen molar-refractivity contribution in [3.63, 3.8) is 0 Å². The number of rotatable bonds is 17. The first-order chi connectivity index (χ1) is 24.3. The fraction of sp³-hybridized carbons (Fsp3) is 0.357. The van der Waals surface area contributed by atoms with Crippen molar-refractivity contribution in [3.05, 3.63) is 124 Å². The van der Waals surface area contributed by atoms with E-state index in [2.05, 4.69) is 48.7 Å². The van der Waals surface area contributed by atoms with Gasteiger partial charge in [0.25, 0.3) is 11.8 Å². The number of hydrogen-bond donors (Lipinski definition) is 2. The fourth-order valence-corrected chi connectivity index (χ4v) is 7.01. The van der Waals surface area contributed by atoms with Crippen LogP contribution in [-0.2, 0) is 12.8 Å². The van der Waals surface area contributed by atoms with Gasteiger partial charge in [-0.15, -0.1) is 0 Å². The molecule has 260 valence electrons. The molecule has 1 aliphatic heterocycles. The SMILES string of the molecule is CCCC(CCCCc1ccc(C(=O)NCCC2=C(C)C2C(=O)c2ccc3c(c2)OCO3)cc1NC(=O)c1ccco1)Cc1ccccc1C. The van der Waals surface area contributed by atoms with Crippen LogP contribution in [0, 0.1) is 18.8 Å². The van der Waals surface area contributed by atoms with Gasteiger partial charge in [-0.25, -0.2) is 0 Å². The van der Waals surface area contributed by atoms with Gasteiger partial charge in [-0.1, -0.05) is 74.1 Å². The van der Waals surface area contributed by atoms with Crippen LogP contribution in [0.3, 0.4) is 0 Å². The van der Waals surface area contributed by atoms with Gasteiger partial charge in [-0.2, -0.15) is 0 Å². The molecular weight excluding hydrogens is 628 g/mol. The molecule has 8 nitrogen and oxygen atoms in total. The number of ether oxygens (including phenoxy) is 2. The van der Waals surface area contributed by atoms with E-state index in [4.69, 9.17) is 13.9 Å². The van der Waals surface area contributed by atoms with Crippen LogP contribution in [0.5, 0.6) is 11.5 Å². The van der Waals surface area contributed by atoms with Crippen molar-refractivity contribution in [1.82, 2.24) is 5.32 Å². The molecule has 0 saturated carbocycles. The molecule has 2 amide bonds. The van der Waals surface area contributed by atoms with Gasteiger partial charge in [-0.3, -0.25) is 14.4 Å². The summed E-state index contributed by atoms with van der Waals surface area (Å²) in [5.74, 6) is 1.28. The maximum absolute atomic E-state index is 13.3. The summed E-state index contributed by atoms with van der Waals surface area (Å²) in [5, 5.41) is 5.98. The second-order valence-electron chi connectivity index (χ2n) is 13.4. The summed E-state index contributed by atoms with van der Waals surface area (Å²) in [6, 6.07) is 22.7. The van der Waals surface area contributed by atoms with Gasteiger partial charge in [0.05, 0.1) is 12.2 Å². The van der Waals surface area contributed by atoms with Crippen molar-refractivity contribution in [3.8, 4) is 11.5 Å². The zero-order chi connectivity index (χ0) is 35.0. The van der Waals surface area contributed by atoms with Crippen molar-refractivity contribution < 1.29 is 28.3 Å². The first-order valence-corrected chi connectivity index (χ1v) is 17.8. The average molecular weight is 675 g/mol. The van der Waals surface area contributed by atoms with Gasteiger partial charge in [0, 0.05) is 23.4 Å². The number of fused-ring (bicyclic) bond motifs is 1. The normalized spacial score (nSPS) is 15.1. The maximum atomic E-state index is 13.3. The van der Waals surface area contributed by atoms with Crippen LogP contribution in [0.25, 0.3) is 0 Å². The highest BCUT2D eigenvalue weighted by Crippen LogP contribution is 2.44. The van der Waals surface area contributed by atoms with Crippen molar-refractivity contribution in [2.24, 2.45) is 11.8 Å². The Morgan fingerprint density at radius 2 is 1.64 bits per heavy atom. The van der Waals surface area contributed by atoms with E-state index in [-0.39, 0.29) is 36.1 Å². The first-order valence-electron chi connectivity index (χ1n) is 17.8. The van der Waals surface area contributed by atoms with Crippen molar-refractivity contribution >= 4 is 23.3 Å². The second kappa shape index (κ2) is 16.1. The Labute approximate surface area is 294 Å². The number of furan rings is 1. The molecule has 0 radical (unpaired) electrons. The molecule has 0 fully saturated rings. The second-order valence-corrected chi connectivity index (χ2v) is 13.4. The lowest BCUT2D eigenvalue weighted by Gasteiger charge is -2.18. The molecule has 2 unspecified atom stereocenters. The molecule has 1 aliphatic carbocycles. The number of nitrogens with one attached hydrogen (secondary N) is 2. The van der Waals surface area contributed by atoms with E-state index in [1.54, 1.807) is 36.4 Å². The predicted molar refractivity (Wildman–Crippen MR) is 194 cm³/mol. The Kier molecular flexibility index (Phi) is 11.2. The lowest BCUT2D eigenvalue weighted by Crippen LogP contribution is -2.25. The van der Waals surface area contributed by atoms with Crippen molar-refractivity contribution in [2.45, 2.75) is 72.1 Å². The van der Waals surface area contributed by atoms with Crippen LogP contribution in [-0.4, -0.2) is 30.9 Å². The summed E-state index contributed by atoms with van der Waals surface area (Å²) >= 11 is 0. The molecule has 0 saturated heterocycles. The van der Waals surface area contributed by atoms with E-state index in [0.717, 1.165) is 48.8 Å². The van der Waals surface area contributed by atoms with E-state index < -0.39 is 0 Å². The number of benzene rings is 3. The summed E-state index contributed by atoms with van der Waals surface area (Å²) in [4.78, 5) is 39.4. The fourth-order valence-electron chi connectivity index (χ4n) is 7.01. The number of allylic oxidation sites excluding steroid dienone is 1. The number of unbranched alkanes of at least 4 members (excludes halogenated alkanes) is 1. The van der Waals surface area contributed by atoms with Crippen LogP contribution >= 0.6 is 0 Å². The van der Waals surface area contributed by atoms with Crippen molar-refractivity contribution in [1.29, 1.82) is 0 Å². The minimum atomic E-state index is -0.357. The minimum absolute atomic E-state index is 0.0295. The zero-order valence-electron chi connectivity index (χ0n) is 29.2. The molecule has 2 N–H and O–H groups in total. The van der Waals surface area contributed by atoms with E-state index >= 15 is 0 Å². The molecule has 0 spiro atoms. The van der Waals surface area contributed by atoms with E-state index in [1.807, 2.05) is 19.1 Å². The topological polar surface area (TPSA) is 107 Å². The van der Waals surface area contributed by atoms with Crippen LogP contribution in [0.4, 0.5) is 5.69 Å². The molecule has 2 atom stereocenters. The van der Waals surface area contributed by atoms with E-state index in [1.165, 1.54) is 30.2 Å². The minimum Gasteiger partial charge on any atom is -0.459 e. The van der Waals surface area contributed by atoms with Gasteiger partial charge >= 0.3 is 0 Å². The number of Topliss-reactive ketones (excluding diaryl/α,β-unsaturated/α-hetero) is 1. The highest BCUT2D eigenvalue weighted by atomic mass is 16.7. The summed E-state index contributed by atoms with van der Waals surface area (Å²) in [6.45, 7) is 6.96. The molecule has 4 aromatic rings. The van der Waals surface area contributed by atoms with E-state index in [9.17, 15) is 14.4 Å². The number of hydrogen-bond acceptors (Lipinski definition) is 6. The molecular formula is C42H46N2O6. The average Bonchev–Trinajstić information content (AvgIpc) is 3.51. The lowest BCUT2D eigenvalue weighted by molar-refractivity contribution is 0.0952. The quantitative estimate of drug-likeness (QED) is 0.0658. The lowest BCUT2D eigenvalue weighted by atomic mass is 9.88. The standard InChI is InChI=1S/C42H46N2O6/c1-4-10-29(23-31-14-7-5-11-27(31)2)12-6-8-13-30-16-17-33(24-35(30)44-42(47)37-15-9-22-48-37)41(46)43-21-20-34-28(3)39(34)40(45)32-18-19-36-38(25-32)50-26-49-36/h5,7,9,11,14-19,22,24-25,29,39H,4,6,8,10,12-13,20-21,23,26H2,1-3H3,(H,43,46)(H,44,47). The van der Waals surface area contributed by atoms with Gasteiger partial charge in [0.15, 0.2) is 23.0 Å². The molecule has 3 aromatic carbocycles. The third-order valence-corrected chi connectivity index (χ3v) is 9.94. The largest absolute Gasteiger partial charge is 0.459 e. The Hall–Kier alpha value is -5.11. The van der Waals surface area contributed by atoms with Crippen molar-refractivity contribution in [2.75, 3.05) is 18.7 Å². The third kappa shape index (κ3) is 8.36. The monoisotopic (exact) mass is 674 g/mol. The Morgan fingerprint density at radius 1 is 0.820 bits per heavy atom. The van der Waals surface area contributed by atoms with Gasteiger partial charge in [-0.05, 0) is 105 Å². The van der Waals surface area contributed by atoms with Crippen LogP contribution in [0.1, 0.15) is 100 Å². The molecule has 0 bridgehead atoms. The number of carbonyl (C=O) groups excluding carboxylic acids is 3.